The molecule has 0 aliphatic carbocycles. The minimum Gasteiger partial charge on any atom is -0.482 e. The molecule has 0 saturated carbocycles. The van der Waals surface area contributed by atoms with Gasteiger partial charge in [-0.05, 0) is 25.5 Å². The molecule has 0 unspecified atom stereocenters. The Hall–Kier alpha value is -1.07. The summed E-state index contributed by atoms with van der Waals surface area (Å²) in [5.74, 6) is 0.251. The maximum Gasteiger partial charge on any atom is 0.344 e. The van der Waals surface area contributed by atoms with Crippen molar-refractivity contribution in [2.45, 2.75) is 32.7 Å². The van der Waals surface area contributed by atoms with Crippen LogP contribution in [0.4, 0.5) is 0 Å². The highest BCUT2D eigenvalue weighted by Crippen LogP contribution is 2.27. The molecule has 0 spiro atoms. The molecule has 0 fully saturated rings. The first-order valence-corrected chi connectivity index (χ1v) is 7.17. The van der Waals surface area contributed by atoms with Gasteiger partial charge in [0.05, 0.1) is 6.61 Å². The molecule has 0 aliphatic rings. The smallest absolute Gasteiger partial charge is 0.344 e. The summed E-state index contributed by atoms with van der Waals surface area (Å²) in [5, 5.41) is 0. The normalized spacial score (nSPS) is 12.0. The SMILES string of the molecule is CCCCOC(=O)COc1cc(Br)ccc1[C@@H](C)N. The summed E-state index contributed by atoms with van der Waals surface area (Å²) < 4.78 is 11.4. The van der Waals surface area contributed by atoms with Crippen molar-refractivity contribution in [3.8, 4) is 5.75 Å². The van der Waals surface area contributed by atoms with Gasteiger partial charge in [-0.1, -0.05) is 35.3 Å². The number of ether oxygens (including phenoxy) is 2. The van der Waals surface area contributed by atoms with E-state index in [9.17, 15) is 4.79 Å². The fourth-order valence-electron chi connectivity index (χ4n) is 1.52. The number of carbonyl (C=O) groups excluding carboxylic acids is 1. The molecule has 1 atom stereocenters. The molecule has 106 valence electrons. The lowest BCUT2D eigenvalue weighted by molar-refractivity contribution is -0.146. The molecule has 5 heteroatoms. The molecule has 4 nitrogen and oxygen atoms in total. The number of hydrogen-bond acceptors (Lipinski definition) is 4. The van der Waals surface area contributed by atoms with Crippen molar-refractivity contribution in [2.24, 2.45) is 5.73 Å². The summed E-state index contributed by atoms with van der Waals surface area (Å²) in [6.07, 6.45) is 1.86. The average Bonchev–Trinajstić information content (AvgIpc) is 2.36. The zero-order chi connectivity index (χ0) is 14.3. The van der Waals surface area contributed by atoms with Gasteiger partial charge < -0.3 is 15.2 Å². The van der Waals surface area contributed by atoms with Crippen molar-refractivity contribution < 1.29 is 14.3 Å². The van der Waals surface area contributed by atoms with Gasteiger partial charge in [0.2, 0.25) is 0 Å². The summed E-state index contributed by atoms with van der Waals surface area (Å²) in [5.41, 5.74) is 6.72. The molecule has 0 bridgehead atoms. The van der Waals surface area contributed by atoms with E-state index in [2.05, 4.69) is 15.9 Å². The quantitative estimate of drug-likeness (QED) is 0.616. The number of nitrogens with two attached hydrogens (primary N) is 1. The first-order chi connectivity index (χ1) is 9.04. The van der Waals surface area contributed by atoms with Gasteiger partial charge in [-0.3, -0.25) is 0 Å². The molecule has 0 saturated heterocycles. The van der Waals surface area contributed by atoms with Crippen LogP contribution in [-0.2, 0) is 9.53 Å². The topological polar surface area (TPSA) is 61.5 Å². The number of halogens is 1. The highest BCUT2D eigenvalue weighted by Gasteiger charge is 2.11. The average molecular weight is 330 g/mol. The highest BCUT2D eigenvalue weighted by molar-refractivity contribution is 9.10. The predicted octanol–water partition coefficient (Wildman–Crippen LogP) is 3.19. The lowest BCUT2D eigenvalue weighted by atomic mass is 10.1. The van der Waals surface area contributed by atoms with E-state index in [4.69, 9.17) is 15.2 Å². The number of esters is 1. The molecular weight excluding hydrogens is 310 g/mol. The second-order valence-electron chi connectivity index (χ2n) is 4.33. The zero-order valence-corrected chi connectivity index (χ0v) is 12.9. The number of carbonyl (C=O) groups is 1. The van der Waals surface area contributed by atoms with Crippen LogP contribution in [-0.4, -0.2) is 19.2 Å². The maximum atomic E-state index is 11.5. The van der Waals surface area contributed by atoms with Crippen LogP contribution in [0.5, 0.6) is 5.75 Å². The Bertz CT molecular complexity index is 421. The third kappa shape index (κ3) is 5.61. The van der Waals surface area contributed by atoms with Gasteiger partial charge >= 0.3 is 5.97 Å². The Balaban J connectivity index is 2.56. The van der Waals surface area contributed by atoms with Crippen molar-refractivity contribution in [3.05, 3.63) is 28.2 Å². The van der Waals surface area contributed by atoms with Crippen LogP contribution in [0.3, 0.4) is 0 Å². The van der Waals surface area contributed by atoms with Crippen molar-refractivity contribution in [1.29, 1.82) is 0 Å². The minimum absolute atomic E-state index is 0.0973. The van der Waals surface area contributed by atoms with E-state index in [1.54, 1.807) is 6.07 Å². The highest BCUT2D eigenvalue weighted by atomic mass is 79.9. The molecule has 1 aromatic carbocycles. The second-order valence-corrected chi connectivity index (χ2v) is 5.25. The fourth-order valence-corrected chi connectivity index (χ4v) is 1.86. The first-order valence-electron chi connectivity index (χ1n) is 6.38. The number of hydrogen-bond donors (Lipinski definition) is 1. The predicted molar refractivity (Wildman–Crippen MR) is 78.1 cm³/mol. The van der Waals surface area contributed by atoms with Crippen LogP contribution < -0.4 is 10.5 Å². The van der Waals surface area contributed by atoms with E-state index < -0.39 is 0 Å². The summed E-state index contributed by atoms with van der Waals surface area (Å²) in [4.78, 5) is 11.5. The van der Waals surface area contributed by atoms with Crippen molar-refractivity contribution >= 4 is 21.9 Å². The van der Waals surface area contributed by atoms with Gasteiger partial charge in [0.1, 0.15) is 5.75 Å². The molecule has 19 heavy (non-hydrogen) atoms. The van der Waals surface area contributed by atoms with Crippen molar-refractivity contribution in [1.82, 2.24) is 0 Å². The largest absolute Gasteiger partial charge is 0.482 e. The standard InChI is InChI=1S/C14H20BrNO3/c1-3-4-7-18-14(17)9-19-13-8-11(15)5-6-12(13)10(2)16/h5-6,8,10H,3-4,7,9,16H2,1-2H3/t10-/m1/s1. The molecule has 0 amide bonds. The number of benzene rings is 1. The Morgan fingerprint density at radius 3 is 2.84 bits per heavy atom. The molecule has 2 N–H and O–H groups in total. The molecular formula is C14H20BrNO3. The van der Waals surface area contributed by atoms with E-state index >= 15 is 0 Å². The van der Waals surface area contributed by atoms with E-state index in [0.29, 0.717) is 12.4 Å². The molecule has 1 aromatic rings. The monoisotopic (exact) mass is 329 g/mol. The molecule has 1 rings (SSSR count). The van der Waals surface area contributed by atoms with Gasteiger partial charge in [0.25, 0.3) is 0 Å². The third-order valence-corrected chi connectivity index (χ3v) is 3.07. The Morgan fingerprint density at radius 1 is 1.47 bits per heavy atom. The van der Waals surface area contributed by atoms with E-state index in [0.717, 1.165) is 22.9 Å². The van der Waals surface area contributed by atoms with Crippen LogP contribution in [0.25, 0.3) is 0 Å². The Kier molecular flexibility index (Phi) is 6.87. The van der Waals surface area contributed by atoms with Gasteiger partial charge in [-0.15, -0.1) is 0 Å². The van der Waals surface area contributed by atoms with Crippen LogP contribution >= 0.6 is 15.9 Å². The fraction of sp³-hybridized carbons (Fsp3) is 0.500. The van der Waals surface area contributed by atoms with Gasteiger partial charge in [0, 0.05) is 16.1 Å². The minimum atomic E-state index is -0.357. The van der Waals surface area contributed by atoms with E-state index in [-0.39, 0.29) is 18.6 Å². The van der Waals surface area contributed by atoms with Crippen LogP contribution in [0, 0.1) is 0 Å². The van der Waals surface area contributed by atoms with Crippen LogP contribution in [0.1, 0.15) is 38.3 Å². The second kappa shape index (κ2) is 8.17. The van der Waals surface area contributed by atoms with Crippen LogP contribution in [0.15, 0.2) is 22.7 Å². The van der Waals surface area contributed by atoms with E-state index in [1.165, 1.54) is 0 Å². The number of rotatable bonds is 7. The Morgan fingerprint density at radius 2 is 2.21 bits per heavy atom. The van der Waals surface area contributed by atoms with Gasteiger partial charge in [-0.2, -0.15) is 0 Å². The third-order valence-electron chi connectivity index (χ3n) is 2.57. The van der Waals surface area contributed by atoms with Gasteiger partial charge in [0.15, 0.2) is 6.61 Å². The molecule has 0 radical (unpaired) electrons. The first kappa shape index (κ1) is 16.0. The lowest BCUT2D eigenvalue weighted by Gasteiger charge is -2.14. The van der Waals surface area contributed by atoms with Crippen LogP contribution in [0.2, 0.25) is 0 Å². The van der Waals surface area contributed by atoms with Crippen molar-refractivity contribution in [3.63, 3.8) is 0 Å². The van der Waals surface area contributed by atoms with Gasteiger partial charge in [-0.25, -0.2) is 4.79 Å². The maximum absolute atomic E-state index is 11.5. The lowest BCUT2D eigenvalue weighted by Crippen LogP contribution is -2.17. The van der Waals surface area contributed by atoms with E-state index in [1.807, 2.05) is 26.0 Å². The summed E-state index contributed by atoms with van der Waals surface area (Å²) in [6.45, 7) is 4.26. The zero-order valence-electron chi connectivity index (χ0n) is 11.3. The summed E-state index contributed by atoms with van der Waals surface area (Å²) in [7, 11) is 0. The summed E-state index contributed by atoms with van der Waals surface area (Å²) in [6, 6.07) is 5.43. The summed E-state index contributed by atoms with van der Waals surface area (Å²) >= 11 is 3.37. The number of unbranched alkanes of at least 4 members (excludes halogenated alkanes) is 1. The molecule has 0 aliphatic heterocycles. The molecule has 0 heterocycles. The molecule has 0 aromatic heterocycles. The van der Waals surface area contributed by atoms with Crippen molar-refractivity contribution in [2.75, 3.05) is 13.2 Å². The Labute approximate surface area is 122 Å².